The van der Waals surface area contributed by atoms with Crippen molar-refractivity contribution in [2.45, 2.75) is 6.10 Å². The molecule has 11 heteroatoms. The van der Waals surface area contributed by atoms with E-state index in [4.69, 9.17) is 38.2 Å². The minimum absolute atomic E-state index is 0.0118. The summed E-state index contributed by atoms with van der Waals surface area (Å²) < 4.78 is 54.7. The van der Waals surface area contributed by atoms with Crippen LogP contribution in [0.15, 0.2) is 24.3 Å². The van der Waals surface area contributed by atoms with Gasteiger partial charge in [0, 0.05) is 17.7 Å². The van der Waals surface area contributed by atoms with Gasteiger partial charge in [-0.25, -0.2) is 4.39 Å². The third-order valence-electron chi connectivity index (χ3n) is 3.61. The van der Waals surface area contributed by atoms with E-state index in [1.54, 1.807) is 0 Å². The molecule has 2 aromatic rings. The Morgan fingerprint density at radius 3 is 2.54 bits per heavy atom. The summed E-state index contributed by atoms with van der Waals surface area (Å²) in [5.74, 6) is -1.69. The van der Waals surface area contributed by atoms with E-state index in [0.29, 0.717) is 0 Å². The predicted molar refractivity (Wildman–Crippen MR) is 91.8 cm³/mol. The zero-order valence-electron chi connectivity index (χ0n) is 12.7. The Morgan fingerprint density at radius 1 is 1.27 bits per heavy atom. The topological polar surface area (TPSA) is 116 Å². The Kier molecular flexibility index (Phi) is 4.84. The smallest absolute Gasteiger partial charge is 0.446 e. The highest BCUT2D eigenvalue weighted by atomic mass is 35.5. The lowest BCUT2D eigenvalue weighted by atomic mass is 9.99. The molecule has 0 aliphatic carbocycles. The van der Waals surface area contributed by atoms with Crippen LogP contribution in [0.1, 0.15) is 10.4 Å². The number of halogens is 3. The SMILES string of the molecule is NCC1Oc2c(cc(F)cc2-c2c(Cl)ccc(OS(=O)(=O)O)c2Cl)C1=O. The van der Waals surface area contributed by atoms with Gasteiger partial charge >= 0.3 is 10.4 Å². The fourth-order valence-electron chi connectivity index (χ4n) is 2.57. The second-order valence-electron chi connectivity index (χ2n) is 5.28. The van der Waals surface area contributed by atoms with Gasteiger partial charge in [-0.15, -0.1) is 0 Å². The summed E-state index contributed by atoms with van der Waals surface area (Å²) in [5.41, 5.74) is 5.42. The lowest BCUT2D eigenvalue weighted by Gasteiger charge is -2.14. The predicted octanol–water partition coefficient (Wildman–Crippen LogP) is 2.88. The highest BCUT2D eigenvalue weighted by molar-refractivity contribution is 7.81. The Morgan fingerprint density at radius 2 is 1.92 bits per heavy atom. The number of fused-ring (bicyclic) bond motifs is 1. The van der Waals surface area contributed by atoms with E-state index < -0.39 is 33.9 Å². The second kappa shape index (κ2) is 6.67. The van der Waals surface area contributed by atoms with Crippen LogP contribution in [0.4, 0.5) is 4.39 Å². The molecule has 1 atom stereocenters. The minimum atomic E-state index is -4.86. The molecule has 138 valence electrons. The molecule has 0 saturated heterocycles. The number of carbonyl (C=O) groups is 1. The maximum absolute atomic E-state index is 14.1. The Bertz CT molecular complexity index is 1030. The zero-order chi connectivity index (χ0) is 19.2. The third kappa shape index (κ3) is 3.36. The monoisotopic (exact) mass is 421 g/mol. The van der Waals surface area contributed by atoms with Gasteiger partial charge in [0.15, 0.2) is 11.9 Å². The number of nitrogens with two attached hydrogens (primary N) is 1. The summed E-state index contributed by atoms with van der Waals surface area (Å²) in [5, 5.41) is -0.312. The van der Waals surface area contributed by atoms with Crippen molar-refractivity contribution in [1.29, 1.82) is 0 Å². The van der Waals surface area contributed by atoms with Crippen molar-refractivity contribution < 1.29 is 31.1 Å². The summed E-state index contributed by atoms with van der Waals surface area (Å²) in [6.07, 6.45) is -0.986. The molecule has 0 fully saturated rings. The summed E-state index contributed by atoms with van der Waals surface area (Å²) in [6, 6.07) is 4.36. The highest BCUT2D eigenvalue weighted by Crippen LogP contribution is 2.47. The first-order valence-corrected chi connectivity index (χ1v) is 9.14. The average molecular weight is 422 g/mol. The lowest BCUT2D eigenvalue weighted by molar-refractivity contribution is 0.0868. The van der Waals surface area contributed by atoms with Crippen molar-refractivity contribution >= 4 is 39.4 Å². The van der Waals surface area contributed by atoms with Crippen LogP contribution < -0.4 is 14.7 Å². The van der Waals surface area contributed by atoms with E-state index in [-0.39, 0.29) is 39.0 Å². The Balaban J connectivity index is 2.25. The van der Waals surface area contributed by atoms with Crippen LogP contribution in [0.2, 0.25) is 10.0 Å². The normalized spacial score (nSPS) is 16.3. The molecule has 3 N–H and O–H groups in total. The van der Waals surface area contributed by atoms with Crippen LogP contribution in [0, 0.1) is 5.82 Å². The van der Waals surface area contributed by atoms with Gasteiger partial charge < -0.3 is 14.7 Å². The number of ketones is 1. The van der Waals surface area contributed by atoms with Gasteiger partial charge in [0.05, 0.1) is 15.6 Å². The molecule has 2 aromatic carbocycles. The minimum Gasteiger partial charge on any atom is -0.480 e. The van der Waals surface area contributed by atoms with Crippen molar-refractivity contribution in [3.05, 3.63) is 45.7 Å². The number of hydrogen-bond donors (Lipinski definition) is 2. The van der Waals surface area contributed by atoms with Gasteiger partial charge in [0.1, 0.15) is 11.6 Å². The zero-order valence-corrected chi connectivity index (χ0v) is 15.0. The molecule has 1 unspecified atom stereocenters. The molecular weight excluding hydrogens is 412 g/mol. The number of carbonyl (C=O) groups excluding carboxylic acids is 1. The first-order chi connectivity index (χ1) is 12.1. The maximum Gasteiger partial charge on any atom is 0.446 e. The van der Waals surface area contributed by atoms with E-state index in [1.807, 2.05) is 0 Å². The summed E-state index contributed by atoms with van der Waals surface area (Å²) >= 11 is 12.3. The first-order valence-electron chi connectivity index (χ1n) is 7.02. The van der Waals surface area contributed by atoms with Crippen molar-refractivity contribution in [2.24, 2.45) is 5.73 Å². The molecular formula is C15H10Cl2FNO6S. The molecule has 0 aromatic heterocycles. The Labute approximate surface area is 157 Å². The van der Waals surface area contributed by atoms with Crippen molar-refractivity contribution in [3.63, 3.8) is 0 Å². The highest BCUT2D eigenvalue weighted by Gasteiger charge is 2.35. The number of ether oxygens (including phenoxy) is 1. The van der Waals surface area contributed by atoms with Gasteiger partial charge in [-0.1, -0.05) is 23.2 Å². The van der Waals surface area contributed by atoms with E-state index in [9.17, 15) is 17.6 Å². The van der Waals surface area contributed by atoms with Gasteiger partial charge in [-0.2, -0.15) is 8.42 Å². The van der Waals surface area contributed by atoms with E-state index in [1.165, 1.54) is 6.07 Å². The number of hydrogen-bond acceptors (Lipinski definition) is 6. The fourth-order valence-corrected chi connectivity index (χ4v) is 3.60. The standard InChI is InChI=1S/C15H10Cl2FNO6S/c16-9-1-2-10(25-26(21,22)23)13(17)12(9)7-3-6(18)4-8-14(20)11(5-19)24-15(7)8/h1-4,11H,5,19H2,(H,21,22,23). The molecule has 26 heavy (non-hydrogen) atoms. The molecule has 0 bridgehead atoms. The molecule has 0 radical (unpaired) electrons. The van der Waals surface area contributed by atoms with Crippen LogP contribution in [-0.4, -0.2) is 31.4 Å². The lowest BCUT2D eigenvalue weighted by Crippen LogP contribution is -2.29. The van der Waals surface area contributed by atoms with Gasteiger partial charge in [0.25, 0.3) is 0 Å². The van der Waals surface area contributed by atoms with Gasteiger partial charge in [-0.05, 0) is 24.3 Å². The number of benzene rings is 2. The average Bonchev–Trinajstić information content (AvgIpc) is 2.86. The van der Waals surface area contributed by atoms with Crippen LogP contribution in [0.25, 0.3) is 11.1 Å². The summed E-state index contributed by atoms with van der Waals surface area (Å²) in [7, 11) is -4.86. The Hall–Kier alpha value is -1.91. The molecule has 0 saturated carbocycles. The molecule has 7 nitrogen and oxygen atoms in total. The van der Waals surface area contributed by atoms with Crippen molar-refractivity contribution in [2.75, 3.05) is 6.54 Å². The van der Waals surface area contributed by atoms with Crippen LogP contribution in [0.5, 0.6) is 11.5 Å². The van der Waals surface area contributed by atoms with Crippen LogP contribution in [0.3, 0.4) is 0 Å². The maximum atomic E-state index is 14.1. The van der Waals surface area contributed by atoms with E-state index >= 15 is 0 Å². The van der Waals surface area contributed by atoms with Crippen LogP contribution in [-0.2, 0) is 10.4 Å². The number of rotatable bonds is 4. The molecule has 1 aliphatic heterocycles. The summed E-state index contributed by atoms with van der Waals surface area (Å²) in [4.78, 5) is 12.2. The number of Topliss-reactive ketones (excluding diaryl/α,β-unsaturated/α-hetero) is 1. The molecule has 1 aliphatic rings. The first kappa shape index (κ1) is 18.9. The van der Waals surface area contributed by atoms with E-state index in [0.717, 1.165) is 18.2 Å². The molecule has 0 spiro atoms. The molecule has 1 heterocycles. The second-order valence-corrected chi connectivity index (χ2v) is 7.09. The summed E-state index contributed by atoms with van der Waals surface area (Å²) in [6.45, 7) is -0.123. The fraction of sp³-hybridized carbons (Fsp3) is 0.133. The van der Waals surface area contributed by atoms with Gasteiger partial charge in [0.2, 0.25) is 5.78 Å². The molecule has 0 amide bonds. The van der Waals surface area contributed by atoms with E-state index in [2.05, 4.69) is 4.18 Å². The van der Waals surface area contributed by atoms with Crippen LogP contribution >= 0.6 is 23.2 Å². The molecule has 3 rings (SSSR count). The van der Waals surface area contributed by atoms with Crippen molar-refractivity contribution in [3.8, 4) is 22.6 Å². The van der Waals surface area contributed by atoms with Gasteiger partial charge in [-0.3, -0.25) is 9.35 Å². The third-order valence-corrected chi connectivity index (χ3v) is 4.69. The van der Waals surface area contributed by atoms with Crippen molar-refractivity contribution in [1.82, 2.24) is 0 Å². The largest absolute Gasteiger partial charge is 0.480 e. The quantitative estimate of drug-likeness (QED) is 0.728.